The molecule has 1 N–H and O–H groups in total. The Kier molecular flexibility index (Phi) is 6.39. The van der Waals surface area contributed by atoms with Gasteiger partial charge in [0, 0.05) is 37.5 Å². The van der Waals surface area contributed by atoms with Gasteiger partial charge in [0.25, 0.3) is 0 Å². The average molecular weight is 426 g/mol. The van der Waals surface area contributed by atoms with Gasteiger partial charge in [-0.1, -0.05) is 13.8 Å². The van der Waals surface area contributed by atoms with Gasteiger partial charge in [-0.15, -0.1) is 0 Å². The summed E-state index contributed by atoms with van der Waals surface area (Å²) in [6.45, 7) is 6.44. The third-order valence-electron chi connectivity index (χ3n) is 5.29. The molecule has 2 fully saturated rings. The minimum atomic E-state index is -3.71. The Labute approximate surface area is 170 Å². The quantitative estimate of drug-likeness (QED) is 0.489. The second kappa shape index (κ2) is 8.64. The van der Waals surface area contributed by atoms with Crippen molar-refractivity contribution in [1.82, 2.24) is 4.31 Å². The van der Waals surface area contributed by atoms with Gasteiger partial charge in [0.2, 0.25) is 22.0 Å². The van der Waals surface area contributed by atoms with Crippen LogP contribution in [0.1, 0.15) is 20.3 Å². The lowest BCUT2D eigenvalue weighted by atomic mass is 10.2. The number of hydrogen-bond acceptors (Lipinski definition) is 7. The van der Waals surface area contributed by atoms with Gasteiger partial charge in [0.05, 0.1) is 29.5 Å². The van der Waals surface area contributed by atoms with Crippen molar-refractivity contribution in [3.05, 3.63) is 28.3 Å². The molecular weight excluding hydrogens is 400 g/mol. The number of sulfonamides is 1. The molecule has 1 aliphatic carbocycles. The molecule has 2 atom stereocenters. The molecule has 160 valence electrons. The first-order valence-electron chi connectivity index (χ1n) is 9.70. The molecule has 1 amide bonds. The third-order valence-corrected chi connectivity index (χ3v) is 7.33. The lowest BCUT2D eigenvalue weighted by Gasteiger charge is -2.31. The molecular formula is C18H26N4O6S. The molecule has 0 radical (unpaired) electrons. The Morgan fingerprint density at radius 3 is 2.52 bits per heavy atom. The second-order valence-corrected chi connectivity index (χ2v) is 8.99. The van der Waals surface area contributed by atoms with Crippen molar-refractivity contribution in [1.29, 1.82) is 0 Å². The number of nitrogens with zero attached hydrogens (tertiary/aromatic N) is 3. The summed E-state index contributed by atoms with van der Waals surface area (Å²) in [5, 5.41) is 13.6. The second-order valence-electron chi connectivity index (χ2n) is 7.05. The summed E-state index contributed by atoms with van der Waals surface area (Å²) in [5.41, 5.74) is 1.03. The first-order chi connectivity index (χ1) is 13.8. The van der Waals surface area contributed by atoms with Crippen molar-refractivity contribution in [2.45, 2.75) is 31.2 Å². The Hall–Kier alpha value is -2.24. The molecule has 1 aromatic rings. The molecule has 10 nitrogen and oxygen atoms in total. The molecule has 1 saturated heterocycles. The summed E-state index contributed by atoms with van der Waals surface area (Å²) >= 11 is 0. The fourth-order valence-corrected chi connectivity index (χ4v) is 4.97. The van der Waals surface area contributed by atoms with E-state index in [1.165, 1.54) is 16.4 Å². The van der Waals surface area contributed by atoms with E-state index in [0.29, 0.717) is 50.8 Å². The van der Waals surface area contributed by atoms with E-state index in [1.54, 1.807) is 19.9 Å². The van der Waals surface area contributed by atoms with Gasteiger partial charge in [-0.25, -0.2) is 8.42 Å². The number of rotatable bonds is 8. The normalized spacial score (nSPS) is 21.8. The maximum Gasteiger partial charge on any atom is 0.243 e. The number of carbonyl (C=O) groups is 1. The largest absolute Gasteiger partial charge is 0.378 e. The monoisotopic (exact) mass is 426 g/mol. The number of ether oxygens (including phenoxy) is 1. The number of nitro groups is 1. The van der Waals surface area contributed by atoms with Crippen LogP contribution < -0.4 is 10.2 Å². The van der Waals surface area contributed by atoms with E-state index in [9.17, 15) is 23.3 Å². The lowest BCUT2D eigenvalue weighted by Crippen LogP contribution is -2.37. The van der Waals surface area contributed by atoms with Gasteiger partial charge < -0.3 is 15.0 Å². The van der Waals surface area contributed by atoms with E-state index in [1.807, 2.05) is 4.90 Å². The van der Waals surface area contributed by atoms with E-state index in [2.05, 4.69) is 5.32 Å². The molecule has 3 rings (SSSR count). The zero-order valence-electron chi connectivity index (χ0n) is 16.5. The van der Waals surface area contributed by atoms with Crippen molar-refractivity contribution in [2.75, 3.05) is 49.6 Å². The van der Waals surface area contributed by atoms with E-state index in [4.69, 9.17) is 4.74 Å². The van der Waals surface area contributed by atoms with Crippen LogP contribution in [0.5, 0.6) is 0 Å². The van der Waals surface area contributed by atoms with Crippen LogP contribution in [0.25, 0.3) is 0 Å². The van der Waals surface area contributed by atoms with E-state index < -0.39 is 32.8 Å². The van der Waals surface area contributed by atoms with Crippen molar-refractivity contribution in [3.63, 3.8) is 0 Å². The van der Waals surface area contributed by atoms with Gasteiger partial charge in [-0.05, 0) is 18.2 Å². The molecule has 1 heterocycles. The van der Waals surface area contributed by atoms with Crippen LogP contribution in [0.3, 0.4) is 0 Å². The smallest absolute Gasteiger partial charge is 0.243 e. The fourth-order valence-electron chi connectivity index (χ4n) is 3.49. The molecule has 29 heavy (non-hydrogen) atoms. The predicted molar refractivity (Wildman–Crippen MR) is 107 cm³/mol. The Morgan fingerprint density at radius 2 is 1.97 bits per heavy atom. The highest BCUT2D eigenvalue weighted by molar-refractivity contribution is 7.89. The Balaban J connectivity index is 1.93. The summed E-state index contributed by atoms with van der Waals surface area (Å²) in [6, 6.07) is 3.78. The first kappa shape index (κ1) is 21.5. The number of benzene rings is 1. The van der Waals surface area contributed by atoms with Crippen molar-refractivity contribution < 1.29 is 22.9 Å². The topological polar surface area (TPSA) is 122 Å². The molecule has 0 spiro atoms. The standard InChI is InChI=1S/C18H26N4O6S/c1-3-21(4-2)29(26,27)13-5-6-16(20-7-9-28-10-8-20)15(11-13)19-18(23)14-12-17(14)22(24)25/h5-6,11,14,17H,3-4,7-10,12H2,1-2H3,(H,19,23)/t14-,17-/m1/s1. The molecule has 0 aromatic heterocycles. The molecule has 2 aliphatic rings. The maximum atomic E-state index is 12.9. The molecule has 0 unspecified atom stereocenters. The number of hydrogen-bond donors (Lipinski definition) is 1. The highest BCUT2D eigenvalue weighted by Gasteiger charge is 2.53. The molecule has 0 bridgehead atoms. The maximum absolute atomic E-state index is 12.9. The first-order valence-corrected chi connectivity index (χ1v) is 11.1. The highest BCUT2D eigenvalue weighted by Crippen LogP contribution is 2.36. The highest BCUT2D eigenvalue weighted by atomic mass is 32.2. The van der Waals surface area contributed by atoms with Crippen molar-refractivity contribution >= 4 is 27.3 Å². The van der Waals surface area contributed by atoms with E-state index >= 15 is 0 Å². The molecule has 11 heteroatoms. The van der Waals surface area contributed by atoms with Gasteiger partial charge >= 0.3 is 0 Å². The van der Waals surface area contributed by atoms with E-state index in [-0.39, 0.29) is 11.3 Å². The number of anilines is 2. The molecule has 1 saturated carbocycles. The average Bonchev–Trinajstić information content (AvgIpc) is 3.51. The zero-order chi connectivity index (χ0) is 21.2. The minimum Gasteiger partial charge on any atom is -0.378 e. The van der Waals surface area contributed by atoms with Crippen LogP contribution in [-0.4, -0.2) is 69.0 Å². The third kappa shape index (κ3) is 4.51. The summed E-state index contributed by atoms with van der Waals surface area (Å²) in [5.74, 6) is -1.15. The summed E-state index contributed by atoms with van der Waals surface area (Å²) in [7, 11) is -3.71. The van der Waals surface area contributed by atoms with Crippen LogP contribution in [0, 0.1) is 16.0 Å². The fraction of sp³-hybridized carbons (Fsp3) is 0.611. The Bertz CT molecular complexity index is 880. The van der Waals surface area contributed by atoms with Gasteiger partial charge in [-0.2, -0.15) is 4.31 Å². The SMILES string of the molecule is CCN(CC)S(=O)(=O)c1ccc(N2CCOCC2)c(NC(=O)[C@@H]2C[C@H]2[N+](=O)[O-])c1. The van der Waals surface area contributed by atoms with Crippen molar-refractivity contribution in [3.8, 4) is 0 Å². The van der Waals surface area contributed by atoms with Crippen LogP contribution in [0.15, 0.2) is 23.1 Å². The zero-order valence-corrected chi connectivity index (χ0v) is 17.4. The summed E-state index contributed by atoms with van der Waals surface area (Å²) in [6.07, 6.45) is 0.198. The number of carbonyl (C=O) groups excluding carboxylic acids is 1. The van der Waals surface area contributed by atoms with Crippen molar-refractivity contribution in [2.24, 2.45) is 5.92 Å². The Morgan fingerprint density at radius 1 is 1.31 bits per heavy atom. The summed E-state index contributed by atoms with van der Waals surface area (Å²) in [4.78, 5) is 25.0. The van der Waals surface area contributed by atoms with E-state index in [0.717, 1.165) is 0 Å². The van der Waals surface area contributed by atoms with Crippen LogP contribution >= 0.6 is 0 Å². The molecule has 1 aromatic carbocycles. The number of morpholine rings is 1. The van der Waals surface area contributed by atoms with Gasteiger partial charge in [-0.3, -0.25) is 14.9 Å². The number of nitrogens with one attached hydrogen (secondary N) is 1. The van der Waals surface area contributed by atoms with Crippen LogP contribution in [0.2, 0.25) is 0 Å². The minimum absolute atomic E-state index is 0.0788. The summed E-state index contributed by atoms with van der Waals surface area (Å²) < 4.78 is 32.5. The van der Waals surface area contributed by atoms with Crippen LogP contribution in [0.4, 0.5) is 11.4 Å². The van der Waals surface area contributed by atoms with Gasteiger partial charge in [0.1, 0.15) is 5.92 Å². The molecule has 1 aliphatic heterocycles. The van der Waals surface area contributed by atoms with Crippen LogP contribution in [-0.2, 0) is 19.6 Å². The lowest BCUT2D eigenvalue weighted by molar-refractivity contribution is -0.497. The number of amides is 1. The predicted octanol–water partition coefficient (Wildman–Crippen LogP) is 1.16. The van der Waals surface area contributed by atoms with Gasteiger partial charge in [0.15, 0.2) is 0 Å².